The van der Waals surface area contributed by atoms with Crippen molar-refractivity contribution in [3.63, 3.8) is 0 Å². The van der Waals surface area contributed by atoms with Crippen LogP contribution in [0.5, 0.6) is 0 Å². The number of alkyl halides is 5. The van der Waals surface area contributed by atoms with Gasteiger partial charge in [-0.15, -0.1) is 0 Å². The van der Waals surface area contributed by atoms with E-state index in [1.807, 2.05) is 0 Å². The van der Waals surface area contributed by atoms with Crippen molar-refractivity contribution in [3.8, 4) is 0 Å². The van der Waals surface area contributed by atoms with E-state index < -0.39 is 29.0 Å². The molecule has 0 radical (unpaired) electrons. The Balaban J connectivity index is 2.73. The van der Waals surface area contributed by atoms with E-state index in [1.54, 1.807) is 6.92 Å². The normalized spacial score (nSPS) is 15.4. The van der Waals surface area contributed by atoms with Gasteiger partial charge < -0.3 is 5.11 Å². The Kier molecular flexibility index (Phi) is 3.95. The van der Waals surface area contributed by atoms with Gasteiger partial charge in [0.1, 0.15) is 0 Å². The van der Waals surface area contributed by atoms with Crippen LogP contribution in [0.2, 0.25) is 0 Å². The molecular formula is C15H12F5NO. The molecule has 0 aliphatic heterocycles. The largest absolute Gasteiger partial charge is 0.457 e. The molecule has 0 bridgehead atoms. The molecule has 1 unspecified atom stereocenters. The first-order chi connectivity index (χ1) is 10.1. The molecule has 0 aliphatic carbocycles. The smallest absolute Gasteiger partial charge is 0.373 e. The molecule has 22 heavy (non-hydrogen) atoms. The zero-order chi connectivity index (χ0) is 16.6. The van der Waals surface area contributed by atoms with Gasteiger partial charge in [0, 0.05) is 6.20 Å². The maximum absolute atomic E-state index is 14.0. The first-order valence-corrected chi connectivity index (χ1v) is 6.26. The van der Waals surface area contributed by atoms with Crippen molar-refractivity contribution in [2.75, 3.05) is 0 Å². The molecule has 1 aromatic carbocycles. The molecule has 1 aromatic heterocycles. The van der Waals surface area contributed by atoms with E-state index in [0.717, 1.165) is 24.4 Å². The van der Waals surface area contributed by atoms with Crippen molar-refractivity contribution in [3.05, 3.63) is 65.5 Å². The van der Waals surface area contributed by atoms with Gasteiger partial charge in [0.2, 0.25) is 5.60 Å². The third kappa shape index (κ3) is 2.45. The van der Waals surface area contributed by atoms with E-state index in [0.29, 0.717) is 5.56 Å². The van der Waals surface area contributed by atoms with Crippen molar-refractivity contribution in [1.82, 2.24) is 4.98 Å². The van der Waals surface area contributed by atoms with E-state index >= 15 is 0 Å². The second-order valence-corrected chi connectivity index (χ2v) is 4.86. The van der Waals surface area contributed by atoms with Gasteiger partial charge in [0.15, 0.2) is 0 Å². The molecule has 0 aliphatic rings. The molecule has 0 spiro atoms. The highest BCUT2D eigenvalue weighted by Crippen LogP contribution is 2.51. The molecule has 118 valence electrons. The zero-order valence-electron chi connectivity index (χ0n) is 11.4. The molecule has 7 heteroatoms. The molecule has 2 rings (SSSR count). The standard InChI is InChI=1S/C15H12F5NO/c1-10-5-7-11(8-6-10)13(22,12-4-2-3-9-21-12)14(16,17)15(18,19)20/h2-9,22H,1H3. The molecule has 0 fully saturated rings. The number of hydrogen-bond acceptors (Lipinski definition) is 2. The second-order valence-electron chi connectivity index (χ2n) is 4.86. The van der Waals surface area contributed by atoms with Crippen molar-refractivity contribution < 1.29 is 27.1 Å². The Labute approximate surface area is 123 Å². The quantitative estimate of drug-likeness (QED) is 0.873. The van der Waals surface area contributed by atoms with Crippen LogP contribution in [-0.4, -0.2) is 22.2 Å². The lowest BCUT2D eigenvalue weighted by Gasteiger charge is -2.36. The highest BCUT2D eigenvalue weighted by atomic mass is 19.4. The summed E-state index contributed by atoms with van der Waals surface area (Å²) in [6.45, 7) is 1.64. The lowest BCUT2D eigenvalue weighted by atomic mass is 9.83. The minimum absolute atomic E-state index is 0.584. The monoisotopic (exact) mass is 317 g/mol. The molecule has 0 amide bonds. The summed E-state index contributed by atoms with van der Waals surface area (Å²) in [6, 6.07) is 8.26. The third-order valence-electron chi connectivity index (χ3n) is 3.32. The average Bonchev–Trinajstić information content (AvgIpc) is 2.46. The molecule has 1 atom stereocenters. The van der Waals surface area contributed by atoms with Crippen LogP contribution in [0.25, 0.3) is 0 Å². The Morgan fingerprint density at radius 1 is 0.909 bits per heavy atom. The SMILES string of the molecule is Cc1ccc(C(O)(c2ccccn2)C(F)(F)C(F)(F)F)cc1. The number of aromatic nitrogens is 1. The summed E-state index contributed by atoms with van der Waals surface area (Å²) in [4.78, 5) is 3.50. The molecule has 2 aromatic rings. The van der Waals surface area contributed by atoms with Gasteiger partial charge in [-0.2, -0.15) is 22.0 Å². The Hall–Kier alpha value is -2.02. The lowest BCUT2D eigenvalue weighted by molar-refractivity contribution is -0.337. The van der Waals surface area contributed by atoms with Crippen LogP contribution in [0.15, 0.2) is 48.7 Å². The minimum Gasteiger partial charge on any atom is -0.373 e. The molecule has 2 nitrogen and oxygen atoms in total. The number of pyridine rings is 1. The number of halogens is 5. The first-order valence-electron chi connectivity index (χ1n) is 6.26. The topological polar surface area (TPSA) is 33.1 Å². The van der Waals surface area contributed by atoms with E-state index in [-0.39, 0.29) is 0 Å². The van der Waals surface area contributed by atoms with Crippen LogP contribution in [0, 0.1) is 6.92 Å². The summed E-state index contributed by atoms with van der Waals surface area (Å²) in [6.07, 6.45) is -4.90. The van der Waals surface area contributed by atoms with Gasteiger partial charge in [-0.25, -0.2) is 0 Å². The number of rotatable bonds is 3. The van der Waals surface area contributed by atoms with Crippen LogP contribution >= 0.6 is 0 Å². The van der Waals surface area contributed by atoms with Crippen LogP contribution in [0.1, 0.15) is 16.8 Å². The summed E-state index contributed by atoms with van der Waals surface area (Å²) < 4.78 is 66.6. The summed E-state index contributed by atoms with van der Waals surface area (Å²) in [5.41, 5.74) is -4.32. The lowest BCUT2D eigenvalue weighted by Crippen LogP contribution is -2.56. The van der Waals surface area contributed by atoms with Crippen molar-refractivity contribution in [2.24, 2.45) is 0 Å². The van der Waals surface area contributed by atoms with E-state index in [2.05, 4.69) is 4.98 Å². The van der Waals surface area contributed by atoms with Gasteiger partial charge in [0.05, 0.1) is 5.69 Å². The van der Waals surface area contributed by atoms with Gasteiger partial charge in [-0.1, -0.05) is 35.9 Å². The van der Waals surface area contributed by atoms with Crippen molar-refractivity contribution in [2.45, 2.75) is 24.6 Å². The predicted octanol–water partition coefficient (Wildman–Crippen LogP) is 3.82. The molecule has 1 heterocycles. The second kappa shape index (κ2) is 5.31. The molecule has 0 saturated heterocycles. The fourth-order valence-corrected chi connectivity index (χ4v) is 2.07. The minimum atomic E-state index is -5.94. The fraction of sp³-hybridized carbons (Fsp3) is 0.267. The van der Waals surface area contributed by atoms with E-state index in [4.69, 9.17) is 0 Å². The number of aryl methyl sites for hydroxylation is 1. The highest BCUT2D eigenvalue weighted by Gasteiger charge is 2.71. The average molecular weight is 317 g/mol. The summed E-state index contributed by atoms with van der Waals surface area (Å²) in [7, 11) is 0. The maximum Gasteiger partial charge on any atom is 0.457 e. The van der Waals surface area contributed by atoms with Gasteiger partial charge >= 0.3 is 12.1 Å². The predicted molar refractivity (Wildman–Crippen MR) is 69.4 cm³/mol. The van der Waals surface area contributed by atoms with Crippen LogP contribution in [-0.2, 0) is 5.60 Å². The van der Waals surface area contributed by atoms with Gasteiger partial charge in [-0.3, -0.25) is 4.98 Å². The summed E-state index contributed by atoms with van der Waals surface area (Å²) in [5, 5.41) is 10.4. The molecule has 0 saturated carbocycles. The van der Waals surface area contributed by atoms with Gasteiger partial charge in [0.25, 0.3) is 0 Å². The fourth-order valence-electron chi connectivity index (χ4n) is 2.07. The number of nitrogens with zero attached hydrogens (tertiary/aromatic N) is 1. The highest BCUT2D eigenvalue weighted by molar-refractivity contribution is 5.37. The third-order valence-corrected chi connectivity index (χ3v) is 3.32. The Morgan fingerprint density at radius 2 is 1.50 bits per heavy atom. The van der Waals surface area contributed by atoms with Crippen LogP contribution in [0.4, 0.5) is 22.0 Å². The summed E-state index contributed by atoms with van der Waals surface area (Å²) >= 11 is 0. The molecular weight excluding hydrogens is 305 g/mol. The van der Waals surface area contributed by atoms with Crippen molar-refractivity contribution in [1.29, 1.82) is 0 Å². The maximum atomic E-state index is 14.0. The van der Waals surface area contributed by atoms with Crippen LogP contribution < -0.4 is 0 Å². The van der Waals surface area contributed by atoms with Crippen LogP contribution in [0.3, 0.4) is 0 Å². The Bertz CT molecular complexity index is 639. The number of aliphatic hydroxyl groups is 1. The zero-order valence-corrected chi connectivity index (χ0v) is 11.4. The van der Waals surface area contributed by atoms with E-state index in [1.165, 1.54) is 24.3 Å². The molecule has 1 N–H and O–H groups in total. The number of hydrogen-bond donors (Lipinski definition) is 1. The number of benzene rings is 1. The summed E-state index contributed by atoms with van der Waals surface area (Å²) in [5.74, 6) is -5.41. The Morgan fingerprint density at radius 3 is 1.95 bits per heavy atom. The van der Waals surface area contributed by atoms with E-state index in [9.17, 15) is 27.1 Å². The first kappa shape index (κ1) is 16.4. The van der Waals surface area contributed by atoms with Gasteiger partial charge in [-0.05, 0) is 24.6 Å². The van der Waals surface area contributed by atoms with Crippen molar-refractivity contribution >= 4 is 0 Å².